The maximum atomic E-state index is 10.1. The Morgan fingerprint density at radius 3 is 2.47 bits per heavy atom. The molecule has 1 atom stereocenters. The number of aliphatic hydroxyl groups is 1. The van der Waals surface area contributed by atoms with Crippen LogP contribution in [0.5, 0.6) is 0 Å². The Hall–Kier alpha value is -1.12. The molecule has 1 aromatic heterocycles. The molecule has 0 aliphatic rings. The average Bonchev–Trinajstić information content (AvgIpc) is 2.74. The lowest BCUT2D eigenvalue weighted by Crippen LogP contribution is -1.98. The fourth-order valence-electron chi connectivity index (χ4n) is 1.56. The molecule has 0 aliphatic heterocycles. The van der Waals surface area contributed by atoms with Gasteiger partial charge in [-0.15, -0.1) is 0 Å². The smallest absolute Gasteiger partial charge is 0.105 e. The predicted molar refractivity (Wildman–Crippen MR) is 64.3 cm³/mol. The lowest BCUT2D eigenvalue weighted by atomic mass is 10.00. The highest BCUT2D eigenvalue weighted by Gasteiger charge is 2.10. The van der Waals surface area contributed by atoms with Crippen molar-refractivity contribution in [2.75, 3.05) is 0 Å². The molecule has 78 valence electrons. The van der Waals surface area contributed by atoms with Crippen LogP contribution in [0.4, 0.5) is 0 Å². The van der Waals surface area contributed by atoms with E-state index in [1.54, 1.807) is 11.3 Å². The molecule has 0 radical (unpaired) electrons. The van der Waals surface area contributed by atoms with Crippen LogP contribution in [-0.4, -0.2) is 5.11 Å². The second kappa shape index (κ2) is 4.17. The van der Waals surface area contributed by atoms with Crippen LogP contribution in [-0.2, 0) is 0 Å². The van der Waals surface area contributed by atoms with Crippen LogP contribution in [0, 0.1) is 13.8 Å². The van der Waals surface area contributed by atoms with E-state index in [0.717, 1.165) is 11.1 Å². The molecule has 0 amide bonds. The molecule has 0 saturated carbocycles. The second-order valence-electron chi connectivity index (χ2n) is 3.80. The summed E-state index contributed by atoms with van der Waals surface area (Å²) < 4.78 is 0. The first-order chi connectivity index (χ1) is 7.18. The molecule has 0 fully saturated rings. The fraction of sp³-hybridized carbons (Fsp3) is 0.231. The molecule has 1 heterocycles. The van der Waals surface area contributed by atoms with E-state index in [9.17, 15) is 5.11 Å². The van der Waals surface area contributed by atoms with Gasteiger partial charge in [0.2, 0.25) is 0 Å². The minimum Gasteiger partial charge on any atom is -0.384 e. The van der Waals surface area contributed by atoms with Crippen molar-refractivity contribution in [2.45, 2.75) is 20.0 Å². The summed E-state index contributed by atoms with van der Waals surface area (Å²) in [6.07, 6.45) is -0.490. The van der Waals surface area contributed by atoms with Crippen LogP contribution in [0.3, 0.4) is 0 Å². The summed E-state index contributed by atoms with van der Waals surface area (Å²) in [6.45, 7) is 4.15. The summed E-state index contributed by atoms with van der Waals surface area (Å²) in [4.78, 5) is 0. The number of aryl methyl sites for hydroxylation is 2. The van der Waals surface area contributed by atoms with E-state index in [-0.39, 0.29) is 0 Å². The van der Waals surface area contributed by atoms with Gasteiger partial charge in [0, 0.05) is 0 Å². The first-order valence-electron chi connectivity index (χ1n) is 4.96. The molecule has 0 bridgehead atoms. The summed E-state index contributed by atoms with van der Waals surface area (Å²) in [5.74, 6) is 0. The average molecular weight is 218 g/mol. The summed E-state index contributed by atoms with van der Waals surface area (Å²) in [5, 5.41) is 14.1. The minimum atomic E-state index is -0.490. The Labute approximate surface area is 94.0 Å². The van der Waals surface area contributed by atoms with Crippen LogP contribution in [0.25, 0.3) is 0 Å². The summed E-state index contributed by atoms with van der Waals surface area (Å²) >= 11 is 1.61. The Morgan fingerprint density at radius 1 is 1.07 bits per heavy atom. The molecule has 1 nitrogen and oxygen atoms in total. The first-order valence-corrected chi connectivity index (χ1v) is 5.90. The topological polar surface area (TPSA) is 20.2 Å². The van der Waals surface area contributed by atoms with Crippen molar-refractivity contribution in [1.29, 1.82) is 0 Å². The highest BCUT2D eigenvalue weighted by molar-refractivity contribution is 7.07. The number of hydrogen-bond donors (Lipinski definition) is 1. The SMILES string of the molecule is Cc1ccc([C@H](O)c2ccsc2)cc1C. The van der Waals surface area contributed by atoms with E-state index in [1.165, 1.54) is 11.1 Å². The number of hydrogen-bond acceptors (Lipinski definition) is 2. The van der Waals surface area contributed by atoms with Crippen molar-refractivity contribution in [1.82, 2.24) is 0 Å². The monoisotopic (exact) mass is 218 g/mol. The highest BCUT2D eigenvalue weighted by atomic mass is 32.1. The van der Waals surface area contributed by atoms with Crippen molar-refractivity contribution in [3.63, 3.8) is 0 Å². The van der Waals surface area contributed by atoms with Gasteiger partial charge >= 0.3 is 0 Å². The third-order valence-electron chi connectivity index (χ3n) is 2.71. The molecule has 0 spiro atoms. The Morgan fingerprint density at radius 2 is 1.87 bits per heavy atom. The lowest BCUT2D eigenvalue weighted by Gasteiger charge is -2.11. The van der Waals surface area contributed by atoms with E-state index in [2.05, 4.69) is 26.0 Å². The number of thiophene rings is 1. The summed E-state index contributed by atoms with van der Waals surface area (Å²) in [6, 6.07) is 8.06. The fourth-order valence-corrected chi connectivity index (χ4v) is 2.24. The van der Waals surface area contributed by atoms with Crippen LogP contribution in [0.2, 0.25) is 0 Å². The van der Waals surface area contributed by atoms with Gasteiger partial charge in [0.15, 0.2) is 0 Å². The Balaban J connectivity index is 2.34. The lowest BCUT2D eigenvalue weighted by molar-refractivity contribution is 0.221. The molecule has 1 N–H and O–H groups in total. The molecule has 2 aromatic rings. The van der Waals surface area contributed by atoms with Crippen molar-refractivity contribution in [3.8, 4) is 0 Å². The zero-order valence-electron chi connectivity index (χ0n) is 8.90. The van der Waals surface area contributed by atoms with Gasteiger partial charge in [-0.1, -0.05) is 18.2 Å². The van der Waals surface area contributed by atoms with Crippen LogP contribution >= 0.6 is 11.3 Å². The van der Waals surface area contributed by atoms with Crippen molar-refractivity contribution >= 4 is 11.3 Å². The molecule has 2 rings (SSSR count). The predicted octanol–water partition coefficient (Wildman–Crippen LogP) is 3.45. The largest absolute Gasteiger partial charge is 0.384 e. The number of rotatable bonds is 2. The molecular weight excluding hydrogens is 204 g/mol. The van der Waals surface area contributed by atoms with Gasteiger partial charge in [-0.25, -0.2) is 0 Å². The molecule has 1 aromatic carbocycles. The van der Waals surface area contributed by atoms with Gasteiger partial charge in [-0.2, -0.15) is 11.3 Å². The first kappa shape index (κ1) is 10.4. The Kier molecular flexibility index (Phi) is 2.89. The molecule has 2 heteroatoms. The van der Waals surface area contributed by atoms with Gasteiger partial charge in [-0.05, 0) is 52.9 Å². The molecule has 0 aliphatic carbocycles. The van der Waals surface area contributed by atoms with Crippen LogP contribution < -0.4 is 0 Å². The van der Waals surface area contributed by atoms with Gasteiger partial charge in [-0.3, -0.25) is 0 Å². The van der Waals surface area contributed by atoms with E-state index in [1.807, 2.05) is 22.9 Å². The van der Waals surface area contributed by atoms with Gasteiger partial charge in [0.25, 0.3) is 0 Å². The highest BCUT2D eigenvalue weighted by Crippen LogP contribution is 2.25. The Bertz CT molecular complexity index is 446. The molecule has 0 saturated heterocycles. The summed E-state index contributed by atoms with van der Waals surface area (Å²) in [7, 11) is 0. The molecule has 0 unspecified atom stereocenters. The third-order valence-corrected chi connectivity index (χ3v) is 3.41. The van der Waals surface area contributed by atoms with E-state index >= 15 is 0 Å². The zero-order valence-corrected chi connectivity index (χ0v) is 9.71. The molecule has 15 heavy (non-hydrogen) atoms. The zero-order chi connectivity index (χ0) is 10.8. The molecular formula is C13H14OS. The second-order valence-corrected chi connectivity index (χ2v) is 4.58. The number of aliphatic hydroxyl groups excluding tert-OH is 1. The van der Waals surface area contributed by atoms with E-state index < -0.39 is 6.10 Å². The van der Waals surface area contributed by atoms with Crippen LogP contribution in [0.1, 0.15) is 28.4 Å². The third kappa shape index (κ3) is 2.11. The normalized spacial score (nSPS) is 12.7. The van der Waals surface area contributed by atoms with Gasteiger partial charge in [0.05, 0.1) is 0 Å². The van der Waals surface area contributed by atoms with Gasteiger partial charge in [0.1, 0.15) is 6.10 Å². The standard InChI is InChI=1S/C13H14OS/c1-9-3-4-11(7-10(9)2)13(14)12-5-6-15-8-12/h3-8,13-14H,1-2H3/t13-/m0/s1. The van der Waals surface area contributed by atoms with Crippen molar-refractivity contribution < 1.29 is 5.11 Å². The van der Waals surface area contributed by atoms with E-state index in [4.69, 9.17) is 0 Å². The quantitative estimate of drug-likeness (QED) is 0.818. The van der Waals surface area contributed by atoms with Crippen molar-refractivity contribution in [3.05, 3.63) is 57.3 Å². The number of benzene rings is 1. The van der Waals surface area contributed by atoms with E-state index in [0.29, 0.717) is 0 Å². The maximum absolute atomic E-state index is 10.1. The minimum absolute atomic E-state index is 0.490. The van der Waals surface area contributed by atoms with Crippen LogP contribution in [0.15, 0.2) is 35.0 Å². The van der Waals surface area contributed by atoms with Crippen molar-refractivity contribution in [2.24, 2.45) is 0 Å². The van der Waals surface area contributed by atoms with Gasteiger partial charge < -0.3 is 5.11 Å². The maximum Gasteiger partial charge on any atom is 0.105 e. The summed E-state index contributed by atoms with van der Waals surface area (Å²) in [5.41, 5.74) is 4.43.